The number of furan rings is 1. The third-order valence-electron chi connectivity index (χ3n) is 3.37. The lowest BCUT2D eigenvalue weighted by molar-refractivity contribution is -0.0476. The molecule has 1 saturated heterocycles. The minimum Gasteiger partial charge on any atom is -0.478 e. The molecule has 0 aliphatic carbocycles. The van der Waals surface area contributed by atoms with E-state index in [1.54, 1.807) is 18.4 Å². The number of hydrogen-bond donors (Lipinski definition) is 1. The van der Waals surface area contributed by atoms with Gasteiger partial charge in [-0.05, 0) is 29.8 Å². The molecule has 2 aromatic rings. The maximum atomic E-state index is 10.8. The SMILES string of the molecule is O=C(O)c1ccc(C2(c3ccco3)COC2)cc1. The minimum atomic E-state index is -0.918. The normalized spacial score (nSPS) is 17.1. The van der Waals surface area contributed by atoms with E-state index in [9.17, 15) is 4.79 Å². The average molecular weight is 244 g/mol. The molecule has 1 aromatic heterocycles. The molecule has 1 fully saturated rings. The highest BCUT2D eigenvalue weighted by Crippen LogP contribution is 2.39. The number of ether oxygens (including phenoxy) is 1. The third-order valence-corrected chi connectivity index (χ3v) is 3.37. The number of rotatable bonds is 3. The average Bonchev–Trinajstić information content (AvgIpc) is 2.82. The molecule has 2 heterocycles. The van der Waals surface area contributed by atoms with Crippen LogP contribution in [0.2, 0.25) is 0 Å². The van der Waals surface area contributed by atoms with Crippen LogP contribution in [-0.4, -0.2) is 24.3 Å². The smallest absolute Gasteiger partial charge is 0.335 e. The Hall–Kier alpha value is -2.07. The zero-order valence-electron chi connectivity index (χ0n) is 9.63. The van der Waals surface area contributed by atoms with Crippen LogP contribution in [0.3, 0.4) is 0 Å². The van der Waals surface area contributed by atoms with Crippen LogP contribution in [0.15, 0.2) is 47.1 Å². The Morgan fingerprint density at radius 1 is 1.17 bits per heavy atom. The van der Waals surface area contributed by atoms with Gasteiger partial charge in [-0.25, -0.2) is 4.79 Å². The van der Waals surface area contributed by atoms with Crippen LogP contribution in [-0.2, 0) is 10.2 Å². The van der Waals surface area contributed by atoms with E-state index in [1.165, 1.54) is 0 Å². The highest BCUT2D eigenvalue weighted by molar-refractivity contribution is 5.87. The summed E-state index contributed by atoms with van der Waals surface area (Å²) in [7, 11) is 0. The quantitative estimate of drug-likeness (QED) is 0.899. The minimum absolute atomic E-state index is 0.263. The van der Waals surface area contributed by atoms with Crippen molar-refractivity contribution in [3.05, 3.63) is 59.5 Å². The maximum Gasteiger partial charge on any atom is 0.335 e. The molecule has 1 aliphatic heterocycles. The van der Waals surface area contributed by atoms with E-state index in [0.717, 1.165) is 11.3 Å². The van der Waals surface area contributed by atoms with Gasteiger partial charge in [-0.1, -0.05) is 12.1 Å². The number of carboxylic acids is 1. The monoisotopic (exact) mass is 244 g/mol. The van der Waals surface area contributed by atoms with Gasteiger partial charge in [0.05, 0.1) is 30.5 Å². The van der Waals surface area contributed by atoms with Crippen molar-refractivity contribution >= 4 is 5.97 Å². The Morgan fingerprint density at radius 3 is 2.33 bits per heavy atom. The van der Waals surface area contributed by atoms with E-state index in [1.807, 2.05) is 24.3 Å². The summed E-state index contributed by atoms with van der Waals surface area (Å²) in [5.41, 5.74) is 1.04. The summed E-state index contributed by atoms with van der Waals surface area (Å²) in [6.07, 6.45) is 1.64. The third kappa shape index (κ3) is 1.54. The summed E-state index contributed by atoms with van der Waals surface area (Å²) in [5, 5.41) is 8.89. The molecular weight excluding hydrogens is 232 g/mol. The van der Waals surface area contributed by atoms with Crippen molar-refractivity contribution in [2.45, 2.75) is 5.41 Å². The summed E-state index contributed by atoms with van der Waals surface area (Å²) in [6.45, 7) is 1.12. The fraction of sp³-hybridized carbons (Fsp3) is 0.214. The highest BCUT2D eigenvalue weighted by Gasteiger charge is 2.44. The van der Waals surface area contributed by atoms with Crippen LogP contribution in [0.4, 0.5) is 0 Å². The zero-order valence-corrected chi connectivity index (χ0v) is 9.63. The molecule has 0 atom stereocenters. The number of carbonyl (C=O) groups is 1. The lowest BCUT2D eigenvalue weighted by Crippen LogP contribution is -2.47. The maximum absolute atomic E-state index is 10.8. The number of hydrogen-bond acceptors (Lipinski definition) is 3. The first-order chi connectivity index (χ1) is 8.72. The Labute approximate surface area is 104 Å². The first kappa shape index (κ1) is 11.0. The number of benzene rings is 1. The van der Waals surface area contributed by atoms with Gasteiger partial charge < -0.3 is 14.3 Å². The summed E-state index contributed by atoms with van der Waals surface area (Å²) in [5.74, 6) is -0.0599. The molecule has 1 aliphatic rings. The highest BCUT2D eigenvalue weighted by atomic mass is 16.5. The van der Waals surface area contributed by atoms with Gasteiger partial charge in [0.15, 0.2) is 0 Å². The molecule has 0 spiro atoms. The van der Waals surface area contributed by atoms with Gasteiger partial charge >= 0.3 is 5.97 Å². The lowest BCUT2D eigenvalue weighted by Gasteiger charge is -2.40. The van der Waals surface area contributed by atoms with Crippen molar-refractivity contribution in [2.24, 2.45) is 0 Å². The van der Waals surface area contributed by atoms with Gasteiger partial charge in [-0.2, -0.15) is 0 Å². The Kier molecular flexibility index (Phi) is 2.45. The first-order valence-corrected chi connectivity index (χ1v) is 5.68. The number of carboxylic acid groups (broad SMARTS) is 1. The van der Waals surface area contributed by atoms with E-state index >= 15 is 0 Å². The second-order valence-corrected chi connectivity index (χ2v) is 4.43. The van der Waals surface area contributed by atoms with Gasteiger partial charge in [-0.3, -0.25) is 0 Å². The van der Waals surface area contributed by atoms with Crippen LogP contribution in [0, 0.1) is 0 Å². The van der Waals surface area contributed by atoms with Gasteiger partial charge in [0.2, 0.25) is 0 Å². The molecule has 4 nitrogen and oxygen atoms in total. The van der Waals surface area contributed by atoms with Crippen LogP contribution < -0.4 is 0 Å². The molecule has 92 valence electrons. The molecule has 0 unspecified atom stereocenters. The standard InChI is InChI=1S/C14H12O4/c15-13(16)10-3-5-11(6-4-10)14(8-17-9-14)12-2-1-7-18-12/h1-7H,8-9H2,(H,15,16). The van der Waals surface area contributed by atoms with Crippen molar-refractivity contribution in [3.8, 4) is 0 Å². The molecule has 0 amide bonds. The van der Waals surface area contributed by atoms with Gasteiger partial charge in [-0.15, -0.1) is 0 Å². The summed E-state index contributed by atoms with van der Waals surface area (Å²) in [6, 6.07) is 10.7. The number of aromatic carboxylic acids is 1. The molecule has 4 heteroatoms. The lowest BCUT2D eigenvalue weighted by atomic mass is 9.76. The molecule has 3 rings (SSSR count). The fourth-order valence-electron chi connectivity index (χ4n) is 2.24. The van der Waals surface area contributed by atoms with Crippen molar-refractivity contribution in [2.75, 3.05) is 13.2 Å². The topological polar surface area (TPSA) is 59.7 Å². The summed E-state index contributed by atoms with van der Waals surface area (Å²) >= 11 is 0. The summed E-state index contributed by atoms with van der Waals surface area (Å²) < 4.78 is 10.8. The van der Waals surface area contributed by atoms with Crippen molar-refractivity contribution in [3.63, 3.8) is 0 Å². The molecule has 1 N–H and O–H groups in total. The molecule has 0 saturated carbocycles. The summed E-state index contributed by atoms with van der Waals surface area (Å²) in [4.78, 5) is 10.8. The Morgan fingerprint density at radius 2 is 1.89 bits per heavy atom. The Bertz CT molecular complexity index is 550. The van der Waals surface area contributed by atoms with Crippen LogP contribution in [0.5, 0.6) is 0 Å². The zero-order chi connectivity index (χ0) is 12.6. The second-order valence-electron chi connectivity index (χ2n) is 4.43. The van der Waals surface area contributed by atoms with Crippen LogP contribution in [0.1, 0.15) is 21.7 Å². The predicted octanol–water partition coefficient (Wildman–Crippen LogP) is 2.29. The second kappa shape index (κ2) is 3.99. The largest absolute Gasteiger partial charge is 0.478 e. The molecule has 0 radical (unpaired) electrons. The van der Waals surface area contributed by atoms with Gasteiger partial charge in [0, 0.05) is 0 Å². The van der Waals surface area contributed by atoms with E-state index in [-0.39, 0.29) is 11.0 Å². The van der Waals surface area contributed by atoms with Crippen molar-refractivity contribution in [1.29, 1.82) is 0 Å². The van der Waals surface area contributed by atoms with Crippen molar-refractivity contribution < 1.29 is 19.1 Å². The van der Waals surface area contributed by atoms with Gasteiger partial charge in [0.25, 0.3) is 0 Å². The molecule has 18 heavy (non-hydrogen) atoms. The predicted molar refractivity (Wildman–Crippen MR) is 63.7 cm³/mol. The molecule has 0 bridgehead atoms. The van der Waals surface area contributed by atoms with Crippen molar-refractivity contribution in [1.82, 2.24) is 0 Å². The molecule has 1 aromatic carbocycles. The van der Waals surface area contributed by atoms with E-state index in [2.05, 4.69) is 0 Å². The fourth-order valence-corrected chi connectivity index (χ4v) is 2.24. The van der Waals surface area contributed by atoms with Crippen LogP contribution >= 0.6 is 0 Å². The molecular formula is C14H12O4. The Balaban J connectivity index is 2.00. The van der Waals surface area contributed by atoms with Crippen LogP contribution in [0.25, 0.3) is 0 Å². The first-order valence-electron chi connectivity index (χ1n) is 5.68. The van der Waals surface area contributed by atoms with Gasteiger partial charge in [0.1, 0.15) is 5.76 Å². The van der Waals surface area contributed by atoms with E-state index < -0.39 is 5.97 Å². The van der Waals surface area contributed by atoms with E-state index in [4.69, 9.17) is 14.3 Å². The van der Waals surface area contributed by atoms with E-state index in [0.29, 0.717) is 13.2 Å².